The summed E-state index contributed by atoms with van der Waals surface area (Å²) in [5.41, 5.74) is 3.36. The summed E-state index contributed by atoms with van der Waals surface area (Å²) >= 11 is 1.41. The minimum Gasteiger partial charge on any atom is -0.486 e. The molecule has 0 bridgehead atoms. The number of carboxylic acids is 1. The Bertz CT molecular complexity index is 1170. The highest BCUT2D eigenvalue weighted by molar-refractivity contribution is 8.14. The summed E-state index contributed by atoms with van der Waals surface area (Å²) in [5.74, 6) is -0.155. The number of hydrogen-bond acceptors (Lipinski definition) is 4. The molecule has 0 amide bonds. The highest BCUT2D eigenvalue weighted by Crippen LogP contribution is 2.33. The average Bonchev–Trinajstić information content (AvgIpc) is 3.29. The Hall–Kier alpha value is -2.80. The number of aliphatic imine (C=N–C) groups is 1. The van der Waals surface area contributed by atoms with Gasteiger partial charge < -0.3 is 14.8 Å². The maximum atomic E-state index is 13.5. The molecule has 3 aromatic rings. The molecule has 1 aliphatic rings. The molecular formula is C23H23FN2O3S. The summed E-state index contributed by atoms with van der Waals surface area (Å²) in [6.07, 6.45) is 0.206. The van der Waals surface area contributed by atoms with Crippen LogP contribution in [0.15, 0.2) is 41.4 Å². The van der Waals surface area contributed by atoms with Crippen LogP contribution in [0.2, 0.25) is 0 Å². The number of thioether (sulfide) groups is 1. The van der Waals surface area contributed by atoms with E-state index in [1.165, 1.54) is 23.9 Å². The Labute approximate surface area is 178 Å². The molecule has 1 unspecified atom stereocenters. The first kappa shape index (κ1) is 20.5. The van der Waals surface area contributed by atoms with Crippen LogP contribution in [-0.2, 0) is 11.2 Å². The molecule has 1 atom stereocenters. The lowest BCUT2D eigenvalue weighted by Crippen LogP contribution is -2.39. The molecule has 0 radical (unpaired) electrons. The normalized spacial score (nSPS) is 18.6. The monoisotopic (exact) mass is 426 g/mol. The quantitative estimate of drug-likeness (QED) is 0.592. The van der Waals surface area contributed by atoms with Gasteiger partial charge in [0.2, 0.25) is 0 Å². The Morgan fingerprint density at radius 2 is 2.00 bits per heavy atom. The van der Waals surface area contributed by atoms with Crippen LogP contribution in [0.25, 0.3) is 10.9 Å². The number of halogens is 1. The minimum absolute atomic E-state index is 0.206. The number of nitrogens with zero attached hydrogens (tertiary/aromatic N) is 1. The van der Waals surface area contributed by atoms with Crippen LogP contribution in [0.5, 0.6) is 5.75 Å². The fourth-order valence-corrected chi connectivity index (χ4v) is 4.78. The number of carboxylic acid groups (broad SMARTS) is 1. The van der Waals surface area contributed by atoms with Crippen LogP contribution in [-0.4, -0.2) is 39.0 Å². The van der Waals surface area contributed by atoms with Crippen molar-refractivity contribution in [3.63, 3.8) is 0 Å². The summed E-state index contributed by atoms with van der Waals surface area (Å²) in [4.78, 5) is 19.8. The Morgan fingerprint density at radius 1 is 1.23 bits per heavy atom. The third-order valence-corrected chi connectivity index (χ3v) is 6.72. The predicted octanol–water partition coefficient (Wildman–Crippen LogP) is 4.82. The van der Waals surface area contributed by atoms with Gasteiger partial charge in [-0.1, -0.05) is 12.1 Å². The maximum absolute atomic E-state index is 13.5. The van der Waals surface area contributed by atoms with E-state index in [9.17, 15) is 14.3 Å². The van der Waals surface area contributed by atoms with Crippen LogP contribution in [0.1, 0.15) is 22.4 Å². The van der Waals surface area contributed by atoms with Gasteiger partial charge in [0.05, 0.1) is 0 Å². The van der Waals surface area contributed by atoms with Crippen molar-refractivity contribution in [2.24, 2.45) is 4.99 Å². The number of aromatic nitrogens is 1. The molecule has 1 aromatic heterocycles. The van der Waals surface area contributed by atoms with Crippen LogP contribution < -0.4 is 4.74 Å². The van der Waals surface area contributed by atoms with Gasteiger partial charge in [0.1, 0.15) is 23.2 Å². The van der Waals surface area contributed by atoms with Gasteiger partial charge in [-0.2, -0.15) is 0 Å². The highest BCUT2D eigenvalue weighted by atomic mass is 32.2. The van der Waals surface area contributed by atoms with Crippen LogP contribution in [0, 0.1) is 26.6 Å². The molecule has 7 heteroatoms. The fourth-order valence-electron chi connectivity index (χ4n) is 3.71. The second kappa shape index (κ2) is 7.80. The van der Waals surface area contributed by atoms with E-state index in [0.29, 0.717) is 16.3 Å². The maximum Gasteiger partial charge on any atom is 0.332 e. The van der Waals surface area contributed by atoms with E-state index in [4.69, 9.17) is 4.74 Å². The van der Waals surface area contributed by atoms with Crippen molar-refractivity contribution in [1.82, 2.24) is 4.98 Å². The number of benzene rings is 2. The van der Waals surface area contributed by atoms with Gasteiger partial charge in [0.15, 0.2) is 5.54 Å². The number of aryl methyl sites for hydroxylation is 2. The summed E-state index contributed by atoms with van der Waals surface area (Å²) in [7, 11) is 0. The zero-order valence-corrected chi connectivity index (χ0v) is 17.9. The van der Waals surface area contributed by atoms with Crippen molar-refractivity contribution < 1.29 is 19.0 Å². The largest absolute Gasteiger partial charge is 0.486 e. The number of ether oxygens (including phenoxy) is 1. The zero-order chi connectivity index (χ0) is 21.5. The number of H-pyrrole nitrogens is 1. The Balaban J connectivity index is 1.55. The molecule has 0 saturated heterocycles. The van der Waals surface area contributed by atoms with E-state index in [0.717, 1.165) is 33.5 Å². The highest BCUT2D eigenvalue weighted by Gasteiger charge is 2.43. The van der Waals surface area contributed by atoms with Crippen LogP contribution in [0.4, 0.5) is 4.39 Å². The van der Waals surface area contributed by atoms with Crippen molar-refractivity contribution in [1.29, 1.82) is 0 Å². The number of nitrogens with one attached hydrogen (secondary N) is 1. The van der Waals surface area contributed by atoms with Crippen molar-refractivity contribution in [2.45, 2.75) is 32.7 Å². The van der Waals surface area contributed by atoms with Crippen molar-refractivity contribution in [3.8, 4) is 5.75 Å². The van der Waals surface area contributed by atoms with Crippen molar-refractivity contribution in [2.75, 3.05) is 12.4 Å². The van der Waals surface area contributed by atoms with Gasteiger partial charge in [-0.05, 0) is 67.1 Å². The lowest BCUT2D eigenvalue weighted by atomic mass is 9.96. The topological polar surface area (TPSA) is 74.7 Å². The molecule has 0 spiro atoms. The first-order valence-corrected chi connectivity index (χ1v) is 10.7. The number of hydrogen-bond donors (Lipinski definition) is 2. The van der Waals surface area contributed by atoms with E-state index >= 15 is 0 Å². The van der Waals surface area contributed by atoms with Gasteiger partial charge in [-0.25, -0.2) is 9.18 Å². The third kappa shape index (κ3) is 3.81. The molecule has 0 fully saturated rings. The van der Waals surface area contributed by atoms with Crippen LogP contribution in [0.3, 0.4) is 0 Å². The minimum atomic E-state index is -1.26. The fraction of sp³-hybridized carbons (Fsp3) is 0.304. The van der Waals surface area contributed by atoms with E-state index in [1.54, 1.807) is 6.07 Å². The molecule has 2 N–H and O–H groups in total. The Morgan fingerprint density at radius 3 is 2.77 bits per heavy atom. The van der Waals surface area contributed by atoms with E-state index in [-0.39, 0.29) is 18.8 Å². The van der Waals surface area contributed by atoms with E-state index < -0.39 is 11.5 Å². The molecule has 30 heavy (non-hydrogen) atoms. The first-order valence-electron chi connectivity index (χ1n) is 9.69. The molecule has 2 heterocycles. The smallest absolute Gasteiger partial charge is 0.332 e. The SMILES string of the molecule is Cc1ccc(C)c(OCC2=NC(Cc3cc4ccc(F)cc4[nH]3)(C(=O)O)CS2)c1C. The first-order chi connectivity index (χ1) is 14.3. The number of aromatic amines is 1. The summed E-state index contributed by atoms with van der Waals surface area (Å²) < 4.78 is 19.5. The zero-order valence-electron chi connectivity index (χ0n) is 17.1. The van der Waals surface area contributed by atoms with Gasteiger partial charge in [0, 0.05) is 23.4 Å². The summed E-state index contributed by atoms with van der Waals surface area (Å²) in [6.45, 7) is 6.28. The number of aliphatic carboxylic acids is 1. The number of fused-ring (bicyclic) bond motifs is 1. The Kier molecular flexibility index (Phi) is 5.32. The second-order valence-corrected chi connectivity index (χ2v) is 8.82. The lowest BCUT2D eigenvalue weighted by molar-refractivity contribution is -0.142. The molecule has 0 aliphatic carbocycles. The van der Waals surface area contributed by atoms with E-state index in [2.05, 4.69) is 16.0 Å². The molecular weight excluding hydrogens is 403 g/mol. The van der Waals surface area contributed by atoms with E-state index in [1.807, 2.05) is 32.9 Å². The van der Waals surface area contributed by atoms with Gasteiger partial charge >= 0.3 is 5.97 Å². The predicted molar refractivity (Wildman–Crippen MR) is 118 cm³/mol. The second-order valence-electron chi connectivity index (χ2n) is 7.78. The summed E-state index contributed by atoms with van der Waals surface area (Å²) in [6, 6.07) is 10.4. The lowest BCUT2D eigenvalue weighted by Gasteiger charge is -2.19. The standard InChI is InChI=1S/C23H23FN2O3S/c1-13-4-5-14(2)21(15(13)3)29-11-20-26-23(12-30-20,22(27)28)10-18-8-16-6-7-17(24)9-19(16)25-18/h4-9,25H,10-12H2,1-3H3,(H,27,28). The molecule has 5 nitrogen and oxygen atoms in total. The van der Waals surface area contributed by atoms with Gasteiger partial charge in [-0.15, -0.1) is 11.8 Å². The third-order valence-electron chi connectivity index (χ3n) is 5.55. The van der Waals surface area contributed by atoms with Gasteiger partial charge in [-0.3, -0.25) is 4.99 Å². The van der Waals surface area contributed by atoms with Gasteiger partial charge in [0.25, 0.3) is 0 Å². The summed E-state index contributed by atoms with van der Waals surface area (Å²) in [5, 5.41) is 11.4. The molecule has 1 aliphatic heterocycles. The number of carbonyl (C=O) groups is 1. The van der Waals surface area contributed by atoms with Crippen molar-refractivity contribution in [3.05, 3.63) is 64.6 Å². The molecule has 2 aromatic carbocycles. The van der Waals surface area contributed by atoms with Crippen LogP contribution >= 0.6 is 11.8 Å². The molecule has 156 valence electrons. The average molecular weight is 427 g/mol. The molecule has 4 rings (SSSR count). The number of rotatable bonds is 6. The molecule has 0 saturated carbocycles. The van der Waals surface area contributed by atoms with Crippen molar-refractivity contribution >= 4 is 33.7 Å².